The summed E-state index contributed by atoms with van der Waals surface area (Å²) >= 11 is 6.14. The quantitative estimate of drug-likeness (QED) is 0.645. The molecule has 0 spiro atoms. The number of nitrogens with one attached hydrogen (secondary N) is 3. The van der Waals surface area contributed by atoms with Crippen LogP contribution in [0.3, 0.4) is 0 Å². The Morgan fingerprint density at radius 1 is 1.28 bits per heavy atom. The van der Waals surface area contributed by atoms with Gasteiger partial charge in [0.05, 0.1) is 10.6 Å². The van der Waals surface area contributed by atoms with Gasteiger partial charge in [0.15, 0.2) is 0 Å². The van der Waals surface area contributed by atoms with E-state index in [-0.39, 0.29) is 17.7 Å². The van der Waals surface area contributed by atoms with E-state index >= 15 is 0 Å². The fourth-order valence-corrected chi connectivity index (χ4v) is 2.80. The molecule has 2 amide bonds. The summed E-state index contributed by atoms with van der Waals surface area (Å²) in [6.45, 7) is 9.36. The topological polar surface area (TPSA) is 73.5 Å². The van der Waals surface area contributed by atoms with E-state index < -0.39 is 0 Å². The minimum Gasteiger partial charge on any atom is -0.352 e. The number of benzene rings is 1. The number of rotatable bonds is 7. The molecular formula is C18H27ClN4O2. The van der Waals surface area contributed by atoms with Gasteiger partial charge in [-0.2, -0.15) is 0 Å². The van der Waals surface area contributed by atoms with E-state index in [0.29, 0.717) is 22.8 Å². The van der Waals surface area contributed by atoms with Crippen molar-refractivity contribution in [1.29, 1.82) is 0 Å². The SMILES string of the molecule is CC(C)C(=O)Nc1ccc(Cl)c(C(=O)NCCCN2CCNCC2)c1. The van der Waals surface area contributed by atoms with Crippen molar-refractivity contribution in [2.24, 2.45) is 5.92 Å². The van der Waals surface area contributed by atoms with Gasteiger partial charge in [-0.15, -0.1) is 0 Å². The first-order chi connectivity index (χ1) is 12.0. The van der Waals surface area contributed by atoms with Crippen LogP contribution in [-0.4, -0.2) is 56.0 Å². The van der Waals surface area contributed by atoms with Crippen LogP contribution in [0.25, 0.3) is 0 Å². The van der Waals surface area contributed by atoms with Crippen LogP contribution in [-0.2, 0) is 4.79 Å². The Hall–Kier alpha value is -1.63. The van der Waals surface area contributed by atoms with Gasteiger partial charge in [-0.05, 0) is 31.2 Å². The Morgan fingerprint density at radius 2 is 2.00 bits per heavy atom. The lowest BCUT2D eigenvalue weighted by molar-refractivity contribution is -0.118. The maximum absolute atomic E-state index is 12.4. The monoisotopic (exact) mass is 366 g/mol. The van der Waals surface area contributed by atoms with E-state index in [2.05, 4.69) is 20.9 Å². The second kappa shape index (κ2) is 9.75. The molecule has 0 saturated carbocycles. The molecule has 25 heavy (non-hydrogen) atoms. The number of hydrogen-bond donors (Lipinski definition) is 3. The van der Waals surface area contributed by atoms with Gasteiger partial charge in [0.1, 0.15) is 0 Å². The molecule has 6 nitrogen and oxygen atoms in total. The van der Waals surface area contributed by atoms with Crippen molar-refractivity contribution in [3.05, 3.63) is 28.8 Å². The predicted octanol–water partition coefficient (Wildman–Crippen LogP) is 1.96. The lowest BCUT2D eigenvalue weighted by Gasteiger charge is -2.27. The highest BCUT2D eigenvalue weighted by atomic mass is 35.5. The average molecular weight is 367 g/mol. The fraction of sp³-hybridized carbons (Fsp3) is 0.556. The number of nitrogens with zero attached hydrogens (tertiary/aromatic N) is 1. The largest absolute Gasteiger partial charge is 0.352 e. The van der Waals surface area contributed by atoms with E-state index in [9.17, 15) is 9.59 Å². The smallest absolute Gasteiger partial charge is 0.252 e. The molecule has 1 aromatic carbocycles. The van der Waals surface area contributed by atoms with Crippen molar-refractivity contribution >= 4 is 29.1 Å². The van der Waals surface area contributed by atoms with Gasteiger partial charge in [-0.3, -0.25) is 9.59 Å². The van der Waals surface area contributed by atoms with Crippen LogP contribution in [0, 0.1) is 5.92 Å². The number of piperazine rings is 1. The summed E-state index contributed by atoms with van der Waals surface area (Å²) in [5, 5.41) is 9.39. The number of hydrogen-bond acceptors (Lipinski definition) is 4. The summed E-state index contributed by atoms with van der Waals surface area (Å²) in [7, 11) is 0. The molecule has 3 N–H and O–H groups in total. The first-order valence-corrected chi connectivity index (χ1v) is 9.17. The summed E-state index contributed by atoms with van der Waals surface area (Å²) in [6.07, 6.45) is 0.896. The molecule has 0 radical (unpaired) electrons. The van der Waals surface area contributed by atoms with Gasteiger partial charge in [0.25, 0.3) is 5.91 Å². The van der Waals surface area contributed by atoms with Crippen molar-refractivity contribution in [3.8, 4) is 0 Å². The van der Waals surface area contributed by atoms with Crippen molar-refractivity contribution < 1.29 is 9.59 Å². The second-order valence-corrected chi connectivity index (χ2v) is 6.95. The van der Waals surface area contributed by atoms with E-state index in [4.69, 9.17) is 11.6 Å². The molecular weight excluding hydrogens is 340 g/mol. The Kier molecular flexibility index (Phi) is 7.68. The van der Waals surface area contributed by atoms with E-state index in [1.165, 1.54) is 0 Å². The summed E-state index contributed by atoms with van der Waals surface area (Å²) < 4.78 is 0. The number of carbonyl (C=O) groups is 2. The Bertz CT molecular complexity index is 601. The standard InChI is InChI=1S/C18H27ClN4O2/c1-13(2)17(24)22-14-4-5-16(19)15(12-14)18(25)21-6-3-9-23-10-7-20-8-11-23/h4-5,12-13,20H,3,6-11H2,1-2H3,(H,21,25)(H,22,24). The summed E-state index contributed by atoms with van der Waals surface area (Å²) in [5.74, 6) is -0.436. The normalized spacial score (nSPS) is 15.2. The van der Waals surface area contributed by atoms with Crippen molar-refractivity contribution in [2.75, 3.05) is 44.6 Å². The van der Waals surface area contributed by atoms with Crippen LogP contribution in [0.5, 0.6) is 0 Å². The number of halogens is 1. The van der Waals surface area contributed by atoms with Gasteiger partial charge in [0, 0.05) is 44.3 Å². The lowest BCUT2D eigenvalue weighted by atomic mass is 10.1. The Labute approximate surface area is 154 Å². The lowest BCUT2D eigenvalue weighted by Crippen LogP contribution is -2.44. The predicted molar refractivity (Wildman–Crippen MR) is 101 cm³/mol. The van der Waals surface area contributed by atoms with Gasteiger partial charge >= 0.3 is 0 Å². The van der Waals surface area contributed by atoms with Crippen LogP contribution in [0.15, 0.2) is 18.2 Å². The maximum atomic E-state index is 12.4. The highest BCUT2D eigenvalue weighted by Crippen LogP contribution is 2.21. The molecule has 1 aliphatic rings. The van der Waals surface area contributed by atoms with Crippen LogP contribution < -0.4 is 16.0 Å². The molecule has 7 heteroatoms. The van der Waals surface area contributed by atoms with E-state index in [1.807, 2.05) is 13.8 Å². The Balaban J connectivity index is 1.84. The molecule has 1 heterocycles. The molecule has 0 aliphatic carbocycles. The van der Waals surface area contributed by atoms with E-state index in [0.717, 1.165) is 39.1 Å². The van der Waals surface area contributed by atoms with Crippen molar-refractivity contribution in [2.45, 2.75) is 20.3 Å². The van der Waals surface area contributed by atoms with Gasteiger partial charge in [0.2, 0.25) is 5.91 Å². The third-order valence-corrected chi connectivity index (χ3v) is 4.48. The zero-order chi connectivity index (χ0) is 18.2. The molecule has 1 fully saturated rings. The van der Waals surface area contributed by atoms with Gasteiger partial charge in [-0.1, -0.05) is 25.4 Å². The highest BCUT2D eigenvalue weighted by molar-refractivity contribution is 6.34. The van der Waals surface area contributed by atoms with Gasteiger partial charge in [-0.25, -0.2) is 0 Å². The van der Waals surface area contributed by atoms with Crippen molar-refractivity contribution in [1.82, 2.24) is 15.5 Å². The molecule has 1 aliphatic heterocycles. The fourth-order valence-electron chi connectivity index (χ4n) is 2.60. The molecule has 0 atom stereocenters. The molecule has 1 aromatic rings. The molecule has 1 saturated heterocycles. The number of anilines is 1. The first-order valence-electron chi connectivity index (χ1n) is 8.79. The molecule has 0 unspecified atom stereocenters. The first kappa shape index (κ1) is 19.7. The highest BCUT2D eigenvalue weighted by Gasteiger charge is 2.14. The van der Waals surface area contributed by atoms with Crippen LogP contribution in [0.1, 0.15) is 30.6 Å². The van der Waals surface area contributed by atoms with E-state index in [1.54, 1.807) is 18.2 Å². The summed E-state index contributed by atoms with van der Waals surface area (Å²) in [6, 6.07) is 4.95. The van der Waals surface area contributed by atoms with Crippen molar-refractivity contribution in [3.63, 3.8) is 0 Å². The third-order valence-electron chi connectivity index (χ3n) is 4.15. The number of amides is 2. The zero-order valence-corrected chi connectivity index (χ0v) is 15.7. The Morgan fingerprint density at radius 3 is 2.68 bits per heavy atom. The maximum Gasteiger partial charge on any atom is 0.252 e. The molecule has 0 aromatic heterocycles. The number of carbonyl (C=O) groups excluding carboxylic acids is 2. The van der Waals surface area contributed by atoms with Crippen LogP contribution >= 0.6 is 11.6 Å². The zero-order valence-electron chi connectivity index (χ0n) is 14.9. The van der Waals surface area contributed by atoms with Crippen LogP contribution in [0.2, 0.25) is 5.02 Å². The summed E-state index contributed by atoms with van der Waals surface area (Å²) in [4.78, 5) is 26.5. The second-order valence-electron chi connectivity index (χ2n) is 6.54. The molecule has 0 bridgehead atoms. The average Bonchev–Trinajstić information content (AvgIpc) is 2.61. The van der Waals surface area contributed by atoms with Gasteiger partial charge < -0.3 is 20.9 Å². The minimum absolute atomic E-state index is 0.0929. The summed E-state index contributed by atoms with van der Waals surface area (Å²) in [5.41, 5.74) is 0.958. The molecule has 138 valence electrons. The van der Waals surface area contributed by atoms with Crippen LogP contribution in [0.4, 0.5) is 5.69 Å². The molecule has 2 rings (SSSR count). The minimum atomic E-state index is -0.217. The third kappa shape index (κ3) is 6.30.